The summed E-state index contributed by atoms with van der Waals surface area (Å²) in [5, 5.41) is 7.12. The Labute approximate surface area is 150 Å². The zero-order chi connectivity index (χ0) is 18.0. The first kappa shape index (κ1) is 18.3. The molecule has 1 atom stereocenters. The van der Waals surface area contributed by atoms with E-state index in [9.17, 15) is 4.79 Å². The number of nitrogens with zero attached hydrogens (tertiary/aromatic N) is 5. The van der Waals surface area contributed by atoms with Crippen molar-refractivity contribution in [1.29, 1.82) is 0 Å². The summed E-state index contributed by atoms with van der Waals surface area (Å²) in [5.74, 6) is 2.05. The molecule has 25 heavy (non-hydrogen) atoms. The lowest BCUT2D eigenvalue weighted by molar-refractivity contribution is -0.142. The van der Waals surface area contributed by atoms with Gasteiger partial charge in [0.15, 0.2) is 5.82 Å². The molecule has 7 nitrogen and oxygen atoms in total. The van der Waals surface area contributed by atoms with E-state index >= 15 is 0 Å². The highest BCUT2D eigenvalue weighted by Gasteiger charge is 2.35. The molecule has 2 aliphatic rings. The van der Waals surface area contributed by atoms with Gasteiger partial charge in [0.2, 0.25) is 5.91 Å². The van der Waals surface area contributed by atoms with Crippen LogP contribution in [-0.2, 0) is 11.3 Å². The van der Waals surface area contributed by atoms with Gasteiger partial charge in [-0.25, -0.2) is 4.98 Å². The van der Waals surface area contributed by atoms with Crippen LogP contribution in [0, 0.1) is 12.3 Å². The first-order valence-electron chi connectivity index (χ1n) is 9.45. The average molecular weight is 348 g/mol. The zero-order valence-electron chi connectivity index (χ0n) is 16.1. The van der Waals surface area contributed by atoms with Gasteiger partial charge in [-0.3, -0.25) is 19.7 Å². The molecule has 1 unspecified atom stereocenters. The number of hydrogen-bond acceptors (Lipinski definition) is 5. The first-order chi connectivity index (χ1) is 11.8. The molecule has 1 aromatic rings. The van der Waals surface area contributed by atoms with Gasteiger partial charge in [-0.15, -0.1) is 0 Å². The number of aryl methyl sites for hydroxylation is 1. The maximum Gasteiger partial charge on any atom is 0.239 e. The van der Waals surface area contributed by atoms with Crippen LogP contribution in [0.3, 0.4) is 0 Å². The van der Waals surface area contributed by atoms with E-state index in [0.717, 1.165) is 70.3 Å². The molecule has 2 fully saturated rings. The molecule has 0 saturated carbocycles. The molecule has 0 aromatic carbocycles. The van der Waals surface area contributed by atoms with Crippen molar-refractivity contribution in [1.82, 2.24) is 29.9 Å². The lowest BCUT2D eigenvalue weighted by Crippen LogP contribution is -2.58. The maximum atomic E-state index is 12.9. The van der Waals surface area contributed by atoms with E-state index in [1.54, 1.807) is 0 Å². The third kappa shape index (κ3) is 4.79. The highest BCUT2D eigenvalue weighted by atomic mass is 16.2. The van der Waals surface area contributed by atoms with Gasteiger partial charge in [0.25, 0.3) is 0 Å². The van der Waals surface area contributed by atoms with Crippen LogP contribution in [0.4, 0.5) is 0 Å². The largest absolute Gasteiger partial charge is 0.341 e. The summed E-state index contributed by atoms with van der Waals surface area (Å²) < 4.78 is 0. The number of piperidine rings is 1. The molecule has 2 saturated heterocycles. The van der Waals surface area contributed by atoms with Crippen LogP contribution in [-0.4, -0.2) is 81.1 Å². The summed E-state index contributed by atoms with van der Waals surface area (Å²) in [4.78, 5) is 24.2. The van der Waals surface area contributed by atoms with E-state index < -0.39 is 0 Å². The summed E-state index contributed by atoms with van der Waals surface area (Å²) in [7, 11) is 0. The van der Waals surface area contributed by atoms with Gasteiger partial charge in [0.05, 0.1) is 12.6 Å². The van der Waals surface area contributed by atoms with Gasteiger partial charge in [-0.05, 0) is 25.2 Å². The molecule has 1 amide bonds. The smallest absolute Gasteiger partial charge is 0.239 e. The molecule has 1 N–H and O–H groups in total. The molecular weight excluding hydrogens is 316 g/mol. The average Bonchev–Trinajstić information content (AvgIpc) is 2.94. The second-order valence-electron chi connectivity index (χ2n) is 8.63. The van der Waals surface area contributed by atoms with Crippen LogP contribution in [0.25, 0.3) is 0 Å². The molecule has 140 valence electrons. The fourth-order valence-electron chi connectivity index (χ4n) is 3.88. The first-order valence-corrected chi connectivity index (χ1v) is 9.45. The number of hydrogen-bond donors (Lipinski definition) is 1. The van der Waals surface area contributed by atoms with Gasteiger partial charge in [-0.2, -0.15) is 5.10 Å². The van der Waals surface area contributed by atoms with Crippen molar-refractivity contribution in [2.24, 2.45) is 5.41 Å². The van der Waals surface area contributed by atoms with Crippen LogP contribution in [0.15, 0.2) is 0 Å². The maximum absolute atomic E-state index is 12.9. The van der Waals surface area contributed by atoms with E-state index in [2.05, 4.69) is 50.7 Å². The minimum absolute atomic E-state index is 0.0732. The predicted molar refractivity (Wildman–Crippen MR) is 97.0 cm³/mol. The fraction of sp³-hybridized carbons (Fsp3) is 0.833. The van der Waals surface area contributed by atoms with Gasteiger partial charge in [0, 0.05) is 39.3 Å². The topological polar surface area (TPSA) is 68.4 Å². The van der Waals surface area contributed by atoms with E-state index in [0.29, 0.717) is 5.91 Å². The number of aromatic amines is 1. The quantitative estimate of drug-likeness (QED) is 0.887. The van der Waals surface area contributed by atoms with Crippen LogP contribution in [0.5, 0.6) is 0 Å². The Bertz CT molecular complexity index is 585. The summed E-state index contributed by atoms with van der Waals surface area (Å²) in [6, 6.07) is 0.0732. The Hall–Kier alpha value is -1.47. The van der Waals surface area contributed by atoms with Crippen LogP contribution in [0.2, 0.25) is 0 Å². The lowest BCUT2D eigenvalue weighted by atomic mass is 9.93. The highest BCUT2D eigenvalue weighted by Crippen LogP contribution is 2.23. The molecule has 0 bridgehead atoms. The van der Waals surface area contributed by atoms with Crippen LogP contribution in [0.1, 0.15) is 45.3 Å². The molecule has 2 aliphatic heterocycles. The molecule has 3 heterocycles. The lowest BCUT2D eigenvalue weighted by Gasteiger charge is -2.43. The van der Waals surface area contributed by atoms with E-state index in [1.807, 2.05) is 6.92 Å². The monoisotopic (exact) mass is 348 g/mol. The number of aromatic nitrogens is 3. The Morgan fingerprint density at radius 3 is 2.48 bits per heavy atom. The molecule has 0 spiro atoms. The van der Waals surface area contributed by atoms with E-state index in [1.165, 1.54) is 0 Å². The fourth-order valence-corrected chi connectivity index (χ4v) is 3.88. The third-order valence-electron chi connectivity index (χ3n) is 5.02. The normalized spacial score (nSPS) is 24.1. The molecule has 7 heteroatoms. The van der Waals surface area contributed by atoms with Crippen molar-refractivity contribution in [3.8, 4) is 0 Å². The highest BCUT2D eigenvalue weighted by molar-refractivity contribution is 5.82. The van der Waals surface area contributed by atoms with Crippen molar-refractivity contribution in [2.45, 2.75) is 53.1 Å². The molecular formula is C18H32N6O. The number of piperazine rings is 1. The number of rotatable bonds is 4. The number of carbonyl (C=O) groups excluding carboxylic acids is 1. The van der Waals surface area contributed by atoms with Crippen LogP contribution < -0.4 is 0 Å². The van der Waals surface area contributed by atoms with Gasteiger partial charge >= 0.3 is 0 Å². The second-order valence-corrected chi connectivity index (χ2v) is 8.63. The minimum Gasteiger partial charge on any atom is -0.341 e. The Morgan fingerprint density at radius 1 is 1.16 bits per heavy atom. The zero-order valence-corrected chi connectivity index (χ0v) is 16.1. The summed E-state index contributed by atoms with van der Waals surface area (Å²) >= 11 is 0. The number of likely N-dealkylation sites (tertiary alicyclic amines) is 1. The van der Waals surface area contributed by atoms with Gasteiger partial charge in [-0.1, -0.05) is 20.8 Å². The number of H-pyrrole nitrogens is 1. The number of nitrogens with one attached hydrogen (secondary N) is 1. The molecule has 3 rings (SSSR count). The van der Waals surface area contributed by atoms with Crippen molar-refractivity contribution in [3.05, 3.63) is 11.6 Å². The van der Waals surface area contributed by atoms with Crippen molar-refractivity contribution in [2.75, 3.05) is 39.3 Å². The Kier molecular flexibility index (Phi) is 5.43. The van der Waals surface area contributed by atoms with E-state index in [-0.39, 0.29) is 11.5 Å². The summed E-state index contributed by atoms with van der Waals surface area (Å²) in [6.07, 6.45) is 2.11. The standard InChI is InChI=1S/C18H32N6O/c1-14-19-16(21-20-14)12-22-8-10-23(11-9-22)15-6-5-7-24(17(15)25)13-18(2,3)4/h15H,5-13H2,1-4H3,(H,19,20,21). The molecule has 1 aromatic heterocycles. The van der Waals surface area contributed by atoms with E-state index in [4.69, 9.17) is 0 Å². The minimum atomic E-state index is 0.0732. The summed E-state index contributed by atoms with van der Waals surface area (Å²) in [5.41, 5.74) is 0.158. The second kappa shape index (κ2) is 7.41. The van der Waals surface area contributed by atoms with Crippen LogP contribution >= 0.6 is 0 Å². The summed E-state index contributed by atoms with van der Waals surface area (Å²) in [6.45, 7) is 14.9. The van der Waals surface area contributed by atoms with Gasteiger partial charge in [0.1, 0.15) is 5.82 Å². The van der Waals surface area contributed by atoms with Gasteiger partial charge < -0.3 is 4.90 Å². The molecule has 0 aliphatic carbocycles. The van der Waals surface area contributed by atoms with Crippen molar-refractivity contribution < 1.29 is 4.79 Å². The van der Waals surface area contributed by atoms with Crippen molar-refractivity contribution in [3.63, 3.8) is 0 Å². The molecule has 0 radical (unpaired) electrons. The number of carbonyl (C=O) groups is 1. The Balaban J connectivity index is 1.52. The Morgan fingerprint density at radius 2 is 1.88 bits per heavy atom. The SMILES string of the molecule is Cc1nc(CN2CCN(C3CCCN(CC(C)(C)C)C3=O)CC2)n[nH]1. The number of amides is 1. The predicted octanol–water partition coefficient (Wildman–Crippen LogP) is 1.27. The third-order valence-corrected chi connectivity index (χ3v) is 5.02. The van der Waals surface area contributed by atoms with Crippen molar-refractivity contribution >= 4 is 5.91 Å².